The van der Waals surface area contributed by atoms with Crippen LogP contribution in [-0.4, -0.2) is 64.4 Å². The van der Waals surface area contributed by atoms with Gasteiger partial charge >= 0.3 is 12.1 Å². The Kier molecular flexibility index (Phi) is 7.35. The number of piperidine rings is 1. The summed E-state index contributed by atoms with van der Waals surface area (Å²) >= 11 is 1.72. The van der Waals surface area contributed by atoms with E-state index < -0.39 is 12.1 Å². The van der Waals surface area contributed by atoms with Crippen LogP contribution in [-0.2, 0) is 20.9 Å². The maximum atomic E-state index is 12.2. The number of carboxylic acid groups (broad SMARTS) is 1. The van der Waals surface area contributed by atoms with Crippen molar-refractivity contribution in [1.82, 2.24) is 15.2 Å². The number of likely N-dealkylation sites (tertiary alicyclic amines) is 1. The summed E-state index contributed by atoms with van der Waals surface area (Å²) in [5.41, 5.74) is -0.0546. The van der Waals surface area contributed by atoms with Gasteiger partial charge in [-0.05, 0) is 44.4 Å². The summed E-state index contributed by atoms with van der Waals surface area (Å²) in [5, 5.41) is 13.4. The van der Waals surface area contributed by atoms with E-state index in [1.165, 1.54) is 17.8 Å². The lowest BCUT2D eigenvalue weighted by Gasteiger charge is -2.38. The van der Waals surface area contributed by atoms with Gasteiger partial charge in [-0.1, -0.05) is 0 Å². The second kappa shape index (κ2) is 9.61. The highest BCUT2D eigenvalue weighted by Crippen LogP contribution is 2.39. The number of carboxylic acids is 1. The highest BCUT2D eigenvalue weighted by molar-refractivity contribution is 7.09. The van der Waals surface area contributed by atoms with E-state index in [0.29, 0.717) is 0 Å². The number of ether oxygens (including phenoxy) is 1. The minimum absolute atomic E-state index is 0.0546. The fourth-order valence-corrected chi connectivity index (χ4v) is 4.35. The fourth-order valence-electron chi connectivity index (χ4n) is 3.69. The molecule has 2 aliphatic heterocycles. The molecule has 0 bridgehead atoms. The van der Waals surface area contributed by atoms with Crippen LogP contribution in [0.25, 0.3) is 0 Å². The largest absolute Gasteiger partial charge is 0.490 e. The van der Waals surface area contributed by atoms with Crippen molar-refractivity contribution < 1.29 is 32.6 Å². The molecule has 30 heavy (non-hydrogen) atoms. The van der Waals surface area contributed by atoms with Crippen molar-refractivity contribution in [3.63, 3.8) is 0 Å². The summed E-state index contributed by atoms with van der Waals surface area (Å²) in [6, 6.07) is 0. The first-order valence-electron chi connectivity index (χ1n) is 10.0. The van der Waals surface area contributed by atoms with Crippen LogP contribution in [0.15, 0.2) is 11.6 Å². The summed E-state index contributed by atoms with van der Waals surface area (Å²) in [4.78, 5) is 27.9. The average Bonchev–Trinajstić information content (AvgIpc) is 3.21. The van der Waals surface area contributed by atoms with Crippen LogP contribution in [0.5, 0.6) is 0 Å². The van der Waals surface area contributed by atoms with Crippen molar-refractivity contribution in [2.45, 2.75) is 63.0 Å². The predicted molar refractivity (Wildman–Crippen MR) is 103 cm³/mol. The molecular formula is C19H26F3N3O4S. The van der Waals surface area contributed by atoms with Gasteiger partial charge in [0.05, 0.1) is 12.1 Å². The quantitative estimate of drug-likeness (QED) is 0.718. The molecule has 3 fully saturated rings. The predicted octanol–water partition coefficient (Wildman–Crippen LogP) is 2.82. The van der Waals surface area contributed by atoms with Gasteiger partial charge in [-0.3, -0.25) is 9.69 Å². The molecule has 1 atom stereocenters. The molecule has 7 nitrogen and oxygen atoms in total. The lowest BCUT2D eigenvalue weighted by Crippen LogP contribution is -2.45. The van der Waals surface area contributed by atoms with E-state index in [9.17, 15) is 18.0 Å². The molecule has 11 heteroatoms. The SMILES string of the molecule is O=C(NCC1CC1)C1CCC2(CCN(Cc3nccs3)CC2)O1.O=C(O)C(F)(F)F. The first-order chi connectivity index (χ1) is 14.2. The third-order valence-corrected chi connectivity index (χ3v) is 6.43. The van der Waals surface area contributed by atoms with Gasteiger partial charge in [0.15, 0.2) is 0 Å². The number of halogens is 3. The Morgan fingerprint density at radius 3 is 2.47 bits per heavy atom. The standard InChI is InChI=1S/C17H25N3O2S.C2HF3O2/c21-16(19-11-13-1-2-13)14-3-4-17(22-14)5-8-20(9-6-17)12-15-18-7-10-23-15;3-2(4,5)1(6)7/h7,10,13-14H,1-6,8-9,11-12H2,(H,19,21);(H,6,7). The Labute approximate surface area is 176 Å². The number of thiazole rings is 1. The van der Waals surface area contributed by atoms with Crippen molar-refractivity contribution in [2.24, 2.45) is 5.92 Å². The molecule has 1 saturated carbocycles. The van der Waals surface area contributed by atoms with E-state index in [0.717, 1.165) is 57.8 Å². The maximum absolute atomic E-state index is 12.2. The Balaban J connectivity index is 0.000000318. The van der Waals surface area contributed by atoms with Crippen LogP contribution >= 0.6 is 11.3 Å². The van der Waals surface area contributed by atoms with E-state index in [2.05, 4.69) is 15.2 Å². The van der Waals surface area contributed by atoms with Crippen molar-refractivity contribution in [3.8, 4) is 0 Å². The summed E-state index contributed by atoms with van der Waals surface area (Å²) in [7, 11) is 0. The van der Waals surface area contributed by atoms with Crippen LogP contribution in [0.3, 0.4) is 0 Å². The Hall–Kier alpha value is -1.72. The van der Waals surface area contributed by atoms with Gasteiger partial charge in [0.2, 0.25) is 5.91 Å². The van der Waals surface area contributed by atoms with Gasteiger partial charge in [-0.25, -0.2) is 9.78 Å². The van der Waals surface area contributed by atoms with E-state index >= 15 is 0 Å². The molecule has 1 amide bonds. The summed E-state index contributed by atoms with van der Waals surface area (Å²) in [6.07, 6.45) is 3.07. The van der Waals surface area contributed by atoms with Gasteiger partial charge < -0.3 is 15.2 Å². The zero-order valence-electron chi connectivity index (χ0n) is 16.5. The number of amides is 1. The van der Waals surface area contributed by atoms with Gasteiger partial charge in [0.1, 0.15) is 11.1 Å². The van der Waals surface area contributed by atoms with E-state index in [-0.39, 0.29) is 17.6 Å². The molecule has 0 aromatic carbocycles. The highest BCUT2D eigenvalue weighted by Gasteiger charge is 2.44. The number of alkyl halides is 3. The summed E-state index contributed by atoms with van der Waals surface area (Å²) < 4.78 is 38.0. The highest BCUT2D eigenvalue weighted by atomic mass is 32.1. The number of aromatic nitrogens is 1. The zero-order chi connectivity index (χ0) is 21.8. The molecule has 168 valence electrons. The fraction of sp³-hybridized carbons (Fsp3) is 0.737. The van der Waals surface area contributed by atoms with E-state index in [4.69, 9.17) is 14.6 Å². The Morgan fingerprint density at radius 1 is 1.27 bits per heavy atom. The van der Waals surface area contributed by atoms with Crippen molar-refractivity contribution in [2.75, 3.05) is 19.6 Å². The minimum atomic E-state index is -5.08. The number of carbonyl (C=O) groups is 2. The number of hydrogen-bond acceptors (Lipinski definition) is 6. The van der Waals surface area contributed by atoms with Crippen molar-refractivity contribution in [1.29, 1.82) is 0 Å². The Bertz CT molecular complexity index is 717. The van der Waals surface area contributed by atoms with Gasteiger partial charge in [0, 0.05) is 31.2 Å². The molecular weight excluding hydrogens is 423 g/mol. The monoisotopic (exact) mass is 449 g/mol. The third kappa shape index (κ3) is 6.64. The number of nitrogens with one attached hydrogen (secondary N) is 1. The third-order valence-electron chi connectivity index (χ3n) is 5.66. The zero-order valence-corrected chi connectivity index (χ0v) is 17.3. The van der Waals surface area contributed by atoms with E-state index in [1.807, 2.05) is 11.6 Å². The molecule has 3 heterocycles. The van der Waals surface area contributed by atoms with E-state index in [1.54, 1.807) is 11.3 Å². The van der Waals surface area contributed by atoms with Crippen LogP contribution in [0.4, 0.5) is 13.2 Å². The van der Waals surface area contributed by atoms with Crippen molar-refractivity contribution >= 4 is 23.2 Å². The van der Waals surface area contributed by atoms with Crippen LogP contribution in [0, 0.1) is 5.92 Å². The second-order valence-corrected chi connectivity index (χ2v) is 9.00. The smallest absolute Gasteiger partial charge is 0.475 e. The first kappa shape index (κ1) is 23.0. The average molecular weight is 449 g/mol. The first-order valence-corrected chi connectivity index (χ1v) is 10.9. The molecule has 2 N–H and O–H groups in total. The van der Waals surface area contributed by atoms with Gasteiger partial charge in [-0.15, -0.1) is 11.3 Å². The molecule has 1 aliphatic carbocycles. The number of hydrogen-bond donors (Lipinski definition) is 2. The molecule has 2 saturated heterocycles. The van der Waals surface area contributed by atoms with Crippen LogP contribution < -0.4 is 5.32 Å². The number of nitrogens with zero attached hydrogens (tertiary/aromatic N) is 2. The number of aliphatic carboxylic acids is 1. The molecule has 4 rings (SSSR count). The summed E-state index contributed by atoms with van der Waals surface area (Å²) in [6.45, 7) is 3.86. The van der Waals surface area contributed by atoms with Crippen LogP contribution in [0.2, 0.25) is 0 Å². The topological polar surface area (TPSA) is 91.8 Å². The maximum Gasteiger partial charge on any atom is 0.490 e. The minimum Gasteiger partial charge on any atom is -0.475 e. The lowest BCUT2D eigenvalue weighted by molar-refractivity contribution is -0.192. The van der Waals surface area contributed by atoms with Gasteiger partial charge in [0.25, 0.3) is 0 Å². The number of rotatable bonds is 5. The van der Waals surface area contributed by atoms with Crippen LogP contribution in [0.1, 0.15) is 43.5 Å². The Morgan fingerprint density at radius 2 is 1.93 bits per heavy atom. The lowest BCUT2D eigenvalue weighted by atomic mass is 9.88. The number of carbonyl (C=O) groups excluding carboxylic acids is 1. The molecule has 1 spiro atoms. The molecule has 1 unspecified atom stereocenters. The molecule has 1 aromatic heterocycles. The second-order valence-electron chi connectivity index (χ2n) is 8.02. The molecule has 0 radical (unpaired) electrons. The van der Waals surface area contributed by atoms with Crippen molar-refractivity contribution in [3.05, 3.63) is 16.6 Å². The van der Waals surface area contributed by atoms with Gasteiger partial charge in [-0.2, -0.15) is 13.2 Å². The molecule has 3 aliphatic rings. The normalized spacial score (nSPS) is 23.6. The molecule has 1 aromatic rings. The summed E-state index contributed by atoms with van der Waals surface area (Å²) in [5.74, 6) is -1.92.